The number of hydrogen-bond donors (Lipinski definition) is 0. The summed E-state index contributed by atoms with van der Waals surface area (Å²) < 4.78 is 4.63. The van der Waals surface area contributed by atoms with E-state index in [0.717, 1.165) is 38.9 Å². The Balaban J connectivity index is 1.05. The zero-order chi connectivity index (χ0) is 38.2. The topological polar surface area (TPSA) is 35.6 Å². The van der Waals surface area contributed by atoms with Gasteiger partial charge < -0.3 is 4.57 Å². The van der Waals surface area contributed by atoms with Gasteiger partial charge >= 0.3 is 0 Å². The molecule has 270 valence electrons. The van der Waals surface area contributed by atoms with Crippen LogP contribution in [0.25, 0.3) is 110 Å². The lowest BCUT2D eigenvalue weighted by atomic mass is 9.97. The van der Waals surface area contributed by atoms with Gasteiger partial charge in [0.1, 0.15) is 0 Å². The zero-order valence-electron chi connectivity index (χ0n) is 31.4. The van der Waals surface area contributed by atoms with E-state index >= 15 is 0 Å². The van der Waals surface area contributed by atoms with Gasteiger partial charge in [-0.2, -0.15) is 0 Å². The summed E-state index contributed by atoms with van der Waals surface area (Å²) in [6.45, 7) is 0. The minimum Gasteiger partial charge on any atom is -0.309 e. The fourth-order valence-corrected chi connectivity index (χ4v) is 9.02. The molecule has 0 aliphatic heterocycles. The molecule has 0 saturated heterocycles. The molecule has 0 bridgehead atoms. The average molecular weight is 739 g/mol. The van der Waals surface area contributed by atoms with Gasteiger partial charge in [-0.05, 0) is 81.6 Å². The van der Waals surface area contributed by atoms with Gasteiger partial charge in [0.25, 0.3) is 0 Å². The minimum atomic E-state index is 0.654. The Labute approximate surface area is 334 Å². The molecule has 0 fully saturated rings. The van der Waals surface area contributed by atoms with E-state index in [1.807, 2.05) is 0 Å². The van der Waals surface area contributed by atoms with Crippen molar-refractivity contribution in [1.29, 1.82) is 0 Å². The second-order valence-corrected chi connectivity index (χ2v) is 15.0. The van der Waals surface area contributed by atoms with Crippen LogP contribution in [0.1, 0.15) is 0 Å². The predicted molar refractivity (Wildman–Crippen MR) is 242 cm³/mol. The molecule has 0 saturated carbocycles. The van der Waals surface area contributed by atoms with E-state index in [4.69, 9.17) is 9.97 Å². The van der Waals surface area contributed by atoms with Gasteiger partial charge in [0.15, 0.2) is 0 Å². The van der Waals surface area contributed by atoms with Crippen LogP contribution in [0.2, 0.25) is 0 Å². The van der Waals surface area contributed by atoms with Crippen LogP contribution in [0, 0.1) is 0 Å². The summed E-state index contributed by atoms with van der Waals surface area (Å²) in [5.74, 6) is 0.654. The first-order valence-electron chi connectivity index (χ1n) is 19.7. The number of rotatable bonds is 5. The van der Waals surface area contributed by atoms with Gasteiger partial charge in [-0.15, -0.1) is 0 Å². The first-order valence-corrected chi connectivity index (χ1v) is 19.7. The van der Waals surface area contributed by atoms with Crippen molar-refractivity contribution < 1.29 is 0 Å². The van der Waals surface area contributed by atoms with Gasteiger partial charge in [0.05, 0.1) is 33.3 Å². The summed E-state index contributed by atoms with van der Waals surface area (Å²) in [6.07, 6.45) is 0. The summed E-state index contributed by atoms with van der Waals surface area (Å²) in [4.78, 5) is 10.6. The highest BCUT2D eigenvalue weighted by atomic mass is 15.2. The third-order valence-electron chi connectivity index (χ3n) is 11.7. The Kier molecular flexibility index (Phi) is 7.20. The van der Waals surface area contributed by atoms with Crippen LogP contribution in [0.3, 0.4) is 0 Å². The molecule has 0 atom stereocenters. The molecule has 12 aromatic rings. The predicted octanol–water partition coefficient (Wildman–Crippen LogP) is 14.0. The number of para-hydroxylation sites is 4. The van der Waals surface area contributed by atoms with Gasteiger partial charge in [-0.25, -0.2) is 9.97 Å². The molecule has 3 aromatic heterocycles. The summed E-state index contributed by atoms with van der Waals surface area (Å²) >= 11 is 0. The summed E-state index contributed by atoms with van der Waals surface area (Å²) in [5.41, 5.74) is 13.3. The standard InChI is InChI=1S/C54H34N4/c1-3-13-35(14-4-1)36-23-26-38(27-24-36)53-44-18-7-10-20-47(44)55-54(56-53)58-49-22-12-9-19-45(49)52-46-33-39(28-25-37(46)30-32-50(52)58)40-29-31-43-42-17-8-11-21-48(42)57(51(43)34-40)41-15-5-2-6-16-41/h1-34H. The maximum absolute atomic E-state index is 5.39. The molecule has 0 aliphatic rings. The molecule has 0 unspecified atom stereocenters. The van der Waals surface area contributed by atoms with Crippen molar-refractivity contribution in [3.05, 3.63) is 206 Å². The average Bonchev–Trinajstić information content (AvgIpc) is 3.82. The van der Waals surface area contributed by atoms with Crippen LogP contribution in [-0.4, -0.2) is 19.1 Å². The Bertz CT molecular complexity index is 3540. The quantitative estimate of drug-likeness (QED) is 0.176. The van der Waals surface area contributed by atoms with Crippen LogP contribution >= 0.6 is 0 Å². The molecule has 4 heteroatoms. The minimum absolute atomic E-state index is 0.654. The maximum Gasteiger partial charge on any atom is 0.235 e. The molecule has 0 spiro atoms. The highest BCUT2D eigenvalue weighted by Gasteiger charge is 2.20. The zero-order valence-corrected chi connectivity index (χ0v) is 31.4. The molecule has 9 aromatic carbocycles. The third kappa shape index (κ3) is 5.02. The summed E-state index contributed by atoms with van der Waals surface area (Å²) in [5, 5.41) is 8.28. The lowest BCUT2D eigenvalue weighted by molar-refractivity contribution is 1.01. The largest absolute Gasteiger partial charge is 0.309 e. The van der Waals surface area contributed by atoms with Gasteiger partial charge in [-0.1, -0.05) is 158 Å². The molecular formula is C54H34N4. The smallest absolute Gasteiger partial charge is 0.235 e. The molecule has 4 nitrogen and oxygen atoms in total. The fraction of sp³-hybridized carbons (Fsp3) is 0. The maximum atomic E-state index is 5.39. The first kappa shape index (κ1) is 32.4. The first-order chi connectivity index (χ1) is 28.8. The van der Waals surface area contributed by atoms with Crippen molar-refractivity contribution in [3.8, 4) is 45.1 Å². The molecule has 3 heterocycles. The Hall–Kier alpha value is -7.82. The van der Waals surface area contributed by atoms with Crippen LogP contribution in [0.15, 0.2) is 206 Å². The van der Waals surface area contributed by atoms with Gasteiger partial charge in [0.2, 0.25) is 5.95 Å². The van der Waals surface area contributed by atoms with E-state index in [9.17, 15) is 0 Å². The van der Waals surface area contributed by atoms with Crippen molar-refractivity contribution in [2.24, 2.45) is 0 Å². The molecular weight excluding hydrogens is 705 g/mol. The second-order valence-electron chi connectivity index (χ2n) is 15.0. The number of aromatic nitrogens is 4. The monoisotopic (exact) mass is 738 g/mol. The highest BCUT2D eigenvalue weighted by Crippen LogP contribution is 2.40. The summed E-state index contributed by atoms with van der Waals surface area (Å²) in [6, 6.07) is 73.8. The van der Waals surface area contributed by atoms with Crippen molar-refractivity contribution in [2.45, 2.75) is 0 Å². The van der Waals surface area contributed by atoms with Crippen molar-refractivity contribution in [2.75, 3.05) is 0 Å². The molecule has 0 amide bonds. The van der Waals surface area contributed by atoms with Gasteiger partial charge in [0, 0.05) is 38.2 Å². The molecule has 58 heavy (non-hydrogen) atoms. The Morgan fingerprint density at radius 3 is 1.69 bits per heavy atom. The van der Waals surface area contributed by atoms with Crippen molar-refractivity contribution in [1.82, 2.24) is 19.1 Å². The van der Waals surface area contributed by atoms with Crippen molar-refractivity contribution >= 4 is 65.3 Å². The second kappa shape index (κ2) is 12.9. The Morgan fingerprint density at radius 1 is 0.310 bits per heavy atom. The normalized spacial score (nSPS) is 11.8. The number of benzene rings is 9. The summed E-state index contributed by atoms with van der Waals surface area (Å²) in [7, 11) is 0. The van der Waals surface area contributed by atoms with E-state index in [-0.39, 0.29) is 0 Å². The molecule has 0 aliphatic carbocycles. The van der Waals surface area contributed by atoms with E-state index in [0.29, 0.717) is 5.95 Å². The Morgan fingerprint density at radius 2 is 0.879 bits per heavy atom. The van der Waals surface area contributed by atoms with Crippen LogP contribution < -0.4 is 0 Å². The van der Waals surface area contributed by atoms with E-state index in [1.165, 1.54) is 65.6 Å². The lowest BCUT2D eigenvalue weighted by Gasteiger charge is -2.12. The lowest BCUT2D eigenvalue weighted by Crippen LogP contribution is -2.03. The number of hydrogen-bond acceptors (Lipinski definition) is 2. The van der Waals surface area contributed by atoms with E-state index in [2.05, 4.69) is 215 Å². The third-order valence-corrected chi connectivity index (χ3v) is 11.7. The van der Waals surface area contributed by atoms with Crippen LogP contribution in [0.4, 0.5) is 0 Å². The molecule has 12 rings (SSSR count). The van der Waals surface area contributed by atoms with Gasteiger partial charge in [-0.3, -0.25) is 4.57 Å². The number of nitrogens with zero attached hydrogens (tertiary/aromatic N) is 4. The van der Waals surface area contributed by atoms with Crippen molar-refractivity contribution in [3.63, 3.8) is 0 Å². The fourth-order valence-electron chi connectivity index (χ4n) is 9.02. The van der Waals surface area contributed by atoms with Crippen LogP contribution in [0.5, 0.6) is 0 Å². The van der Waals surface area contributed by atoms with E-state index in [1.54, 1.807) is 0 Å². The SMILES string of the molecule is c1ccc(-c2ccc(-c3nc(-n4c5ccccc5c5c6cc(-c7ccc8c9ccccc9n(-c9ccccc9)c8c7)ccc6ccc54)nc4ccccc34)cc2)cc1. The van der Waals surface area contributed by atoms with E-state index < -0.39 is 0 Å². The highest BCUT2D eigenvalue weighted by molar-refractivity contribution is 6.22. The number of fused-ring (bicyclic) bond motifs is 9. The molecule has 0 radical (unpaired) electrons. The molecule has 0 N–H and O–H groups in total. The van der Waals surface area contributed by atoms with Crippen LogP contribution in [-0.2, 0) is 0 Å².